The van der Waals surface area contributed by atoms with Crippen molar-refractivity contribution >= 4 is 0 Å². The van der Waals surface area contributed by atoms with Gasteiger partial charge in [0.25, 0.3) is 0 Å². The molecule has 0 spiro atoms. The van der Waals surface area contributed by atoms with E-state index in [9.17, 15) is 17.6 Å². The topological polar surface area (TPSA) is 15.5 Å². The molecule has 0 saturated carbocycles. The molecule has 4 aromatic heterocycles. The fraction of sp³-hybridized carbons (Fsp3) is 0.171. The smallest absolute Gasteiger partial charge is 0.207 e. The van der Waals surface area contributed by atoms with Gasteiger partial charge in [0.1, 0.15) is 51.5 Å². The summed E-state index contributed by atoms with van der Waals surface area (Å²) in [5.74, 6) is -0.462. The second-order valence-corrected chi connectivity index (χ2v) is 23.4. The number of rotatable bonds is 10. The average molecular weight is 1200 g/mol. The van der Waals surface area contributed by atoms with Crippen molar-refractivity contribution in [3.05, 3.63) is 311 Å². The molecular formula is C82H80F4N4+4. The number of benzene rings is 8. The molecule has 0 aliphatic heterocycles. The highest BCUT2D eigenvalue weighted by Crippen LogP contribution is 2.32. The zero-order valence-corrected chi connectivity index (χ0v) is 53.8. The summed E-state index contributed by atoms with van der Waals surface area (Å²) >= 11 is 0. The van der Waals surface area contributed by atoms with Crippen LogP contribution in [0, 0.1) is 57.9 Å². The highest BCUT2D eigenvalue weighted by atomic mass is 19.1. The van der Waals surface area contributed by atoms with E-state index in [1.807, 2.05) is 115 Å². The molecule has 4 heterocycles. The molecule has 8 heteroatoms. The van der Waals surface area contributed by atoms with Gasteiger partial charge < -0.3 is 0 Å². The van der Waals surface area contributed by atoms with E-state index in [2.05, 4.69) is 199 Å². The van der Waals surface area contributed by atoms with Crippen molar-refractivity contribution in [2.24, 2.45) is 28.2 Å². The summed E-state index contributed by atoms with van der Waals surface area (Å²) in [6.45, 7) is 16.3. The van der Waals surface area contributed by atoms with Crippen molar-refractivity contribution in [3.63, 3.8) is 0 Å². The van der Waals surface area contributed by atoms with Crippen LogP contribution in [0.1, 0.15) is 65.6 Å². The summed E-state index contributed by atoms with van der Waals surface area (Å²) < 4.78 is 62.7. The van der Waals surface area contributed by atoms with E-state index in [4.69, 9.17) is 0 Å². The van der Waals surface area contributed by atoms with Crippen LogP contribution in [0.2, 0.25) is 0 Å². The van der Waals surface area contributed by atoms with Crippen molar-refractivity contribution in [1.29, 1.82) is 0 Å². The van der Waals surface area contributed by atoms with E-state index in [0.29, 0.717) is 12.0 Å². The van der Waals surface area contributed by atoms with E-state index in [0.717, 1.165) is 78.4 Å². The molecule has 8 aromatic carbocycles. The highest BCUT2D eigenvalue weighted by Gasteiger charge is 2.19. The van der Waals surface area contributed by atoms with Gasteiger partial charge >= 0.3 is 0 Å². The molecule has 0 N–H and O–H groups in total. The van der Waals surface area contributed by atoms with Gasteiger partial charge in [-0.1, -0.05) is 124 Å². The Hall–Kier alpha value is -9.92. The third kappa shape index (κ3) is 15.5. The van der Waals surface area contributed by atoms with Crippen molar-refractivity contribution in [2.75, 3.05) is 0 Å². The lowest BCUT2D eigenvalue weighted by Gasteiger charge is -2.11. The minimum Gasteiger partial charge on any atom is -0.207 e. The monoisotopic (exact) mass is 1200 g/mol. The molecule has 0 radical (unpaired) electrons. The van der Waals surface area contributed by atoms with E-state index >= 15 is 0 Å². The summed E-state index contributed by atoms with van der Waals surface area (Å²) in [4.78, 5) is 0. The molecule has 0 aliphatic rings. The number of nitrogens with zero attached hydrogens (tertiary/aromatic N) is 4. The van der Waals surface area contributed by atoms with Gasteiger partial charge in [-0.2, -0.15) is 0 Å². The fourth-order valence-corrected chi connectivity index (χ4v) is 11.2. The predicted molar refractivity (Wildman–Crippen MR) is 361 cm³/mol. The number of halogens is 4. The Balaban J connectivity index is 0.000000142. The number of hydrogen-bond donors (Lipinski definition) is 0. The van der Waals surface area contributed by atoms with Crippen LogP contribution in [-0.4, -0.2) is 0 Å². The van der Waals surface area contributed by atoms with Crippen molar-refractivity contribution in [3.8, 4) is 89.5 Å². The summed E-state index contributed by atoms with van der Waals surface area (Å²) in [5, 5.41) is 0. The van der Waals surface area contributed by atoms with Gasteiger partial charge in [-0.25, -0.2) is 35.8 Å². The summed E-state index contributed by atoms with van der Waals surface area (Å²) in [6, 6.07) is 73.0. The molecule has 0 saturated heterocycles. The standard InChI is InChI=1S/C22H23FN.C21H21FN.C20H19FN.C19H17FN/c1-15(2)20-13-17(9-10-21(20)23)18-11-12-24(4)22(14-18)19-8-6-5-7-16(19)3;1-4-16-13-17(9-10-20(16)22)18-11-12-23(3)21(14-18)19-8-6-5-7-15(19)2;1-14-6-4-5-7-18(14)20-13-17(10-11-22(20)3)16-8-9-19(21)15(2)12-16;1-14-5-3-4-6-18(14)19-13-16(11-12-21(19)2)15-7-9-17(20)10-8-15/h5-15H,1-4H3;5-14H,4H2,1-3H3;4-13H,1-3H3;3-13H,1-2H3/q4*+1. The van der Waals surface area contributed by atoms with Gasteiger partial charge in [0.05, 0.1) is 0 Å². The molecule has 0 unspecified atom stereocenters. The summed E-state index contributed by atoms with van der Waals surface area (Å²) in [6.07, 6.45) is 8.92. The highest BCUT2D eigenvalue weighted by molar-refractivity contribution is 5.74. The lowest BCUT2D eigenvalue weighted by molar-refractivity contribution is -0.660. The maximum absolute atomic E-state index is 14.0. The van der Waals surface area contributed by atoms with Crippen LogP contribution in [0.25, 0.3) is 89.5 Å². The van der Waals surface area contributed by atoms with Gasteiger partial charge in [0.2, 0.25) is 22.8 Å². The Morgan fingerprint density at radius 2 is 0.600 bits per heavy atom. The molecule has 452 valence electrons. The van der Waals surface area contributed by atoms with E-state index in [-0.39, 0.29) is 29.2 Å². The lowest BCUT2D eigenvalue weighted by Crippen LogP contribution is -2.30. The van der Waals surface area contributed by atoms with E-state index < -0.39 is 0 Å². The van der Waals surface area contributed by atoms with Crippen LogP contribution < -0.4 is 18.3 Å². The second-order valence-electron chi connectivity index (χ2n) is 23.4. The zero-order chi connectivity index (χ0) is 64.2. The van der Waals surface area contributed by atoms with Gasteiger partial charge in [0.15, 0.2) is 24.8 Å². The molecule has 90 heavy (non-hydrogen) atoms. The SMILES string of the molecule is CCc1cc(-c2cc[n+](C)c(-c3ccccc3C)c2)ccc1F.Cc1cc(-c2cc[n+](C)c(-c3ccccc3C)c2)ccc1F.Cc1ccccc1-c1cc(-c2ccc(F)c(C(C)C)c2)cc[n+]1C.Cc1ccccc1-c1cc(-c2ccc(F)cc2)cc[n+]1C. The first-order valence-electron chi connectivity index (χ1n) is 30.6. The van der Waals surface area contributed by atoms with Gasteiger partial charge in [-0.3, -0.25) is 0 Å². The third-order valence-corrected chi connectivity index (χ3v) is 16.7. The molecule has 12 aromatic rings. The van der Waals surface area contributed by atoms with Crippen LogP contribution in [0.4, 0.5) is 17.6 Å². The first-order valence-corrected chi connectivity index (χ1v) is 30.6. The summed E-state index contributed by atoms with van der Waals surface area (Å²) in [5.41, 5.74) is 25.2. The van der Waals surface area contributed by atoms with Crippen LogP contribution in [0.15, 0.2) is 249 Å². The van der Waals surface area contributed by atoms with Crippen molar-refractivity contribution < 1.29 is 35.8 Å². The Morgan fingerprint density at radius 1 is 0.300 bits per heavy atom. The molecule has 0 fully saturated rings. The molecule has 12 rings (SSSR count). The van der Waals surface area contributed by atoms with Crippen LogP contribution >= 0.6 is 0 Å². The van der Waals surface area contributed by atoms with E-state index in [1.54, 1.807) is 19.1 Å². The first-order chi connectivity index (χ1) is 43.3. The van der Waals surface area contributed by atoms with Gasteiger partial charge in [-0.15, -0.1) is 0 Å². The molecular weight excluding hydrogens is 1120 g/mol. The van der Waals surface area contributed by atoms with Gasteiger partial charge in [0, 0.05) is 70.8 Å². The molecule has 0 bridgehead atoms. The third-order valence-electron chi connectivity index (χ3n) is 16.7. The van der Waals surface area contributed by atoms with Crippen LogP contribution in [-0.2, 0) is 34.6 Å². The molecule has 0 atom stereocenters. The Kier molecular flexibility index (Phi) is 21.1. The average Bonchev–Trinajstić information content (AvgIpc) is 2.15. The normalized spacial score (nSPS) is 10.8. The fourth-order valence-electron chi connectivity index (χ4n) is 11.2. The Labute approximate surface area is 530 Å². The van der Waals surface area contributed by atoms with Crippen molar-refractivity contribution in [1.82, 2.24) is 0 Å². The minimum atomic E-state index is -0.209. The number of pyridine rings is 4. The van der Waals surface area contributed by atoms with Crippen LogP contribution in [0.5, 0.6) is 0 Å². The molecule has 4 nitrogen and oxygen atoms in total. The maximum atomic E-state index is 14.0. The van der Waals surface area contributed by atoms with Crippen molar-refractivity contribution in [2.45, 2.75) is 67.7 Å². The molecule has 0 aliphatic carbocycles. The first kappa shape index (κ1) is 64.6. The van der Waals surface area contributed by atoms with E-state index in [1.165, 1.54) is 62.7 Å². The number of aryl methyl sites for hydroxylation is 10. The Bertz CT molecular complexity index is 4490. The lowest BCUT2D eigenvalue weighted by atomic mass is 9.96. The maximum Gasteiger partial charge on any atom is 0.213 e. The number of aromatic nitrogens is 4. The minimum absolute atomic E-state index is 0.128. The Morgan fingerprint density at radius 3 is 0.944 bits per heavy atom. The molecule has 0 amide bonds. The second kappa shape index (κ2) is 29.4. The quantitative estimate of drug-likeness (QED) is 0.0958. The largest absolute Gasteiger partial charge is 0.213 e. The number of hydrogen-bond acceptors (Lipinski definition) is 0. The van der Waals surface area contributed by atoms with Gasteiger partial charge in [-0.05, 0) is 203 Å². The summed E-state index contributed by atoms with van der Waals surface area (Å²) in [7, 11) is 8.18. The van der Waals surface area contributed by atoms with Crippen LogP contribution in [0.3, 0.4) is 0 Å². The zero-order valence-electron chi connectivity index (χ0n) is 53.8. The predicted octanol–water partition coefficient (Wildman–Crippen LogP) is 19.2.